The van der Waals surface area contributed by atoms with Crippen LogP contribution in [-0.2, 0) is 28.6 Å². The van der Waals surface area contributed by atoms with E-state index in [2.05, 4.69) is 32.9 Å². The Hall–Kier alpha value is -1.85. The Kier molecular flexibility index (Phi) is 43.4. The summed E-state index contributed by atoms with van der Waals surface area (Å²) in [6, 6.07) is 0. The first-order valence-corrected chi connectivity index (χ1v) is 24.2. The summed E-state index contributed by atoms with van der Waals surface area (Å²) in [7, 11) is 0. The largest absolute Gasteiger partial charge is 0.462 e. The number of hydrogen-bond acceptors (Lipinski definition) is 6. The van der Waals surface area contributed by atoms with E-state index in [-0.39, 0.29) is 31.1 Å². The lowest BCUT2D eigenvalue weighted by molar-refractivity contribution is -0.167. The van der Waals surface area contributed by atoms with Crippen molar-refractivity contribution >= 4 is 17.9 Å². The molecule has 0 aliphatic carbocycles. The van der Waals surface area contributed by atoms with Crippen molar-refractivity contribution in [2.45, 2.75) is 271 Å². The van der Waals surface area contributed by atoms with Gasteiger partial charge in [-0.2, -0.15) is 0 Å². The molecule has 1 atom stereocenters. The number of hydrogen-bond donors (Lipinski definition) is 0. The maximum atomic E-state index is 12.7. The SMILES string of the molecule is CCCCCCCC/C=C\CCCCCCCC(=O)O[C@@H](COC(=O)CCCCCCCCCCC)COC(=O)CCCCCCCCCCCCCCC. The van der Waals surface area contributed by atoms with Crippen LogP contribution in [-0.4, -0.2) is 37.2 Å². The molecule has 0 aromatic carbocycles. The topological polar surface area (TPSA) is 78.9 Å². The molecule has 0 unspecified atom stereocenters. The molecule has 0 aliphatic rings. The zero-order chi connectivity index (χ0) is 40.1. The standard InChI is InChI=1S/C49H92O6/c1-4-7-10-13-16-19-21-23-24-26-28-31-34-37-40-43-49(52)55-46(44-53-47(50)41-38-35-32-29-18-15-12-9-6-3)45-54-48(51)42-39-36-33-30-27-25-22-20-17-14-11-8-5-2/h23-24,46H,4-22,25-45H2,1-3H3/b24-23-/t46-/m0/s1. The van der Waals surface area contributed by atoms with E-state index in [1.54, 1.807) is 0 Å². The van der Waals surface area contributed by atoms with Gasteiger partial charge >= 0.3 is 17.9 Å². The third-order valence-electron chi connectivity index (χ3n) is 10.8. The van der Waals surface area contributed by atoms with Gasteiger partial charge in [-0.3, -0.25) is 14.4 Å². The molecule has 6 heteroatoms. The van der Waals surface area contributed by atoms with E-state index < -0.39 is 6.10 Å². The van der Waals surface area contributed by atoms with Gasteiger partial charge in [0.1, 0.15) is 13.2 Å². The van der Waals surface area contributed by atoms with Crippen LogP contribution in [0.2, 0.25) is 0 Å². The molecular weight excluding hydrogens is 685 g/mol. The van der Waals surface area contributed by atoms with E-state index in [1.165, 1.54) is 161 Å². The van der Waals surface area contributed by atoms with Crippen LogP contribution in [0, 0.1) is 0 Å². The minimum Gasteiger partial charge on any atom is -0.462 e. The Labute approximate surface area is 341 Å². The highest BCUT2D eigenvalue weighted by molar-refractivity contribution is 5.71. The fourth-order valence-electron chi connectivity index (χ4n) is 7.08. The second-order valence-electron chi connectivity index (χ2n) is 16.4. The van der Waals surface area contributed by atoms with Crippen molar-refractivity contribution in [2.75, 3.05) is 13.2 Å². The second kappa shape index (κ2) is 44.9. The third kappa shape index (κ3) is 43.1. The predicted molar refractivity (Wildman–Crippen MR) is 233 cm³/mol. The summed E-state index contributed by atoms with van der Waals surface area (Å²) < 4.78 is 16.7. The van der Waals surface area contributed by atoms with E-state index in [0.29, 0.717) is 19.3 Å². The third-order valence-corrected chi connectivity index (χ3v) is 10.8. The van der Waals surface area contributed by atoms with Crippen LogP contribution >= 0.6 is 0 Å². The van der Waals surface area contributed by atoms with E-state index in [1.807, 2.05) is 0 Å². The zero-order valence-electron chi connectivity index (χ0n) is 37.0. The summed E-state index contributed by atoms with van der Waals surface area (Å²) in [4.78, 5) is 37.7. The van der Waals surface area contributed by atoms with Crippen molar-refractivity contribution in [3.63, 3.8) is 0 Å². The van der Waals surface area contributed by atoms with Crippen molar-refractivity contribution in [3.8, 4) is 0 Å². The van der Waals surface area contributed by atoms with Crippen molar-refractivity contribution in [1.82, 2.24) is 0 Å². The highest BCUT2D eigenvalue weighted by Gasteiger charge is 2.19. The Morgan fingerprint density at radius 2 is 0.600 bits per heavy atom. The van der Waals surface area contributed by atoms with Gasteiger partial charge in [-0.05, 0) is 44.9 Å². The van der Waals surface area contributed by atoms with Gasteiger partial charge in [0.15, 0.2) is 6.10 Å². The van der Waals surface area contributed by atoms with E-state index in [4.69, 9.17) is 14.2 Å². The van der Waals surface area contributed by atoms with Crippen LogP contribution in [0.25, 0.3) is 0 Å². The van der Waals surface area contributed by atoms with Gasteiger partial charge in [0.25, 0.3) is 0 Å². The molecule has 0 aromatic heterocycles. The van der Waals surface area contributed by atoms with Gasteiger partial charge in [-0.1, -0.05) is 213 Å². The molecule has 0 amide bonds. The molecule has 324 valence electrons. The molecule has 6 nitrogen and oxygen atoms in total. The number of carbonyl (C=O) groups excluding carboxylic acids is 3. The Balaban J connectivity index is 4.32. The summed E-state index contributed by atoms with van der Waals surface area (Å²) in [6.07, 6.45) is 47.6. The predicted octanol–water partition coefficient (Wildman–Crippen LogP) is 15.4. The van der Waals surface area contributed by atoms with Crippen molar-refractivity contribution in [3.05, 3.63) is 12.2 Å². The Bertz CT molecular complexity index is 854. The minimum atomic E-state index is -0.765. The van der Waals surface area contributed by atoms with Crippen molar-refractivity contribution in [2.24, 2.45) is 0 Å². The van der Waals surface area contributed by atoms with E-state index in [9.17, 15) is 14.4 Å². The first-order chi connectivity index (χ1) is 27.0. The Morgan fingerprint density at radius 3 is 0.909 bits per heavy atom. The average molecular weight is 777 g/mol. The molecule has 0 saturated carbocycles. The van der Waals surface area contributed by atoms with Crippen LogP contribution in [0.4, 0.5) is 0 Å². The van der Waals surface area contributed by atoms with Crippen LogP contribution in [0.15, 0.2) is 12.2 Å². The average Bonchev–Trinajstić information content (AvgIpc) is 3.18. The summed E-state index contributed by atoms with van der Waals surface area (Å²) in [5.41, 5.74) is 0. The smallest absolute Gasteiger partial charge is 0.306 e. The highest BCUT2D eigenvalue weighted by atomic mass is 16.6. The van der Waals surface area contributed by atoms with Gasteiger partial charge in [0.05, 0.1) is 0 Å². The van der Waals surface area contributed by atoms with Gasteiger partial charge in [0.2, 0.25) is 0 Å². The molecule has 0 N–H and O–H groups in total. The van der Waals surface area contributed by atoms with E-state index >= 15 is 0 Å². The molecule has 0 aliphatic heterocycles. The molecule has 0 saturated heterocycles. The molecule has 0 rings (SSSR count). The Morgan fingerprint density at radius 1 is 0.345 bits per heavy atom. The zero-order valence-corrected chi connectivity index (χ0v) is 37.0. The molecule has 0 aromatic rings. The number of allylic oxidation sites excluding steroid dienone is 2. The lowest BCUT2D eigenvalue weighted by Gasteiger charge is -2.18. The van der Waals surface area contributed by atoms with Gasteiger partial charge in [0, 0.05) is 19.3 Å². The molecule has 0 radical (unpaired) electrons. The normalized spacial score (nSPS) is 12.0. The number of carbonyl (C=O) groups is 3. The van der Waals surface area contributed by atoms with Crippen molar-refractivity contribution < 1.29 is 28.6 Å². The quantitative estimate of drug-likeness (QED) is 0.0265. The summed E-state index contributed by atoms with van der Waals surface area (Å²) >= 11 is 0. The number of ether oxygens (including phenoxy) is 3. The molecule has 0 spiro atoms. The van der Waals surface area contributed by atoms with Gasteiger partial charge in [-0.15, -0.1) is 0 Å². The lowest BCUT2D eigenvalue weighted by atomic mass is 10.0. The monoisotopic (exact) mass is 777 g/mol. The van der Waals surface area contributed by atoms with Crippen molar-refractivity contribution in [1.29, 1.82) is 0 Å². The van der Waals surface area contributed by atoms with E-state index in [0.717, 1.165) is 64.2 Å². The molecule has 55 heavy (non-hydrogen) atoms. The van der Waals surface area contributed by atoms with Gasteiger partial charge in [-0.25, -0.2) is 0 Å². The number of esters is 3. The molecule has 0 fully saturated rings. The second-order valence-corrected chi connectivity index (χ2v) is 16.4. The molecular formula is C49H92O6. The molecule has 0 bridgehead atoms. The number of rotatable bonds is 44. The first-order valence-electron chi connectivity index (χ1n) is 24.2. The highest BCUT2D eigenvalue weighted by Crippen LogP contribution is 2.15. The summed E-state index contributed by atoms with van der Waals surface area (Å²) in [5.74, 6) is -0.868. The maximum absolute atomic E-state index is 12.7. The molecule has 0 heterocycles. The summed E-state index contributed by atoms with van der Waals surface area (Å²) in [6.45, 7) is 6.62. The fourth-order valence-corrected chi connectivity index (χ4v) is 7.08. The first kappa shape index (κ1) is 53.1. The van der Waals surface area contributed by atoms with Crippen LogP contribution in [0.3, 0.4) is 0 Å². The number of unbranched alkanes of at least 4 members (excludes halogenated alkanes) is 31. The summed E-state index contributed by atoms with van der Waals surface area (Å²) in [5, 5.41) is 0. The van der Waals surface area contributed by atoms with Crippen LogP contribution in [0.5, 0.6) is 0 Å². The van der Waals surface area contributed by atoms with Crippen LogP contribution in [0.1, 0.15) is 265 Å². The fraction of sp³-hybridized carbons (Fsp3) is 0.898. The van der Waals surface area contributed by atoms with Gasteiger partial charge < -0.3 is 14.2 Å². The lowest BCUT2D eigenvalue weighted by Crippen LogP contribution is -2.30. The minimum absolute atomic E-state index is 0.0687. The van der Waals surface area contributed by atoms with Crippen LogP contribution < -0.4 is 0 Å². The maximum Gasteiger partial charge on any atom is 0.306 e.